The van der Waals surface area contributed by atoms with E-state index in [0.29, 0.717) is 17.0 Å². The zero-order valence-corrected chi connectivity index (χ0v) is 29.0. The number of anilines is 3. The smallest absolute Gasteiger partial charge is 0.136 e. The van der Waals surface area contributed by atoms with Crippen LogP contribution in [0.2, 0.25) is 0 Å². The second-order valence-electron chi connectivity index (χ2n) is 13.2. The van der Waals surface area contributed by atoms with Gasteiger partial charge in [-0.05, 0) is 111 Å². The van der Waals surface area contributed by atoms with Crippen LogP contribution >= 0.6 is 0 Å². The first-order chi connectivity index (χ1) is 31.8. The summed E-state index contributed by atoms with van der Waals surface area (Å²) in [5.74, 6) is 0. The minimum absolute atomic E-state index is 0.103. The molecule has 11 aromatic rings. The first kappa shape index (κ1) is 22.0. The van der Waals surface area contributed by atoms with Gasteiger partial charge in [-0.15, -0.1) is 0 Å². The Bertz CT molecular complexity index is 3830. The van der Waals surface area contributed by atoms with E-state index in [1.165, 1.54) is 0 Å². The Labute approximate surface area is 333 Å². The molecule has 3 heteroatoms. The lowest BCUT2D eigenvalue weighted by atomic mass is 9.97. The molecule has 0 unspecified atom stereocenters. The lowest BCUT2D eigenvalue weighted by Crippen LogP contribution is -2.10. The quantitative estimate of drug-likeness (QED) is 0.172. The molecule has 0 aliphatic carbocycles. The van der Waals surface area contributed by atoms with Crippen molar-refractivity contribution in [3.05, 3.63) is 200 Å². The monoisotopic (exact) mass is 714 g/mol. The summed E-state index contributed by atoms with van der Waals surface area (Å²) in [5.41, 5.74) is 4.55. The Hall–Kier alpha value is -7.36. The van der Waals surface area contributed by atoms with Crippen LogP contribution < -0.4 is 4.90 Å². The molecule has 3 nitrogen and oxygen atoms in total. The molecular weight excluding hydrogens is 671 g/mol. The largest absolute Gasteiger partial charge is 0.456 e. The lowest BCUT2D eigenvalue weighted by molar-refractivity contribution is 0.668. The molecule has 0 saturated heterocycles. The molecule has 0 radical (unpaired) electrons. The summed E-state index contributed by atoms with van der Waals surface area (Å²) in [6.45, 7) is 0. The number of rotatable bonds is 6. The standard InChI is InChI=1S/C52H33NO2/c1-2-14-42-35(10-1)11-8-17-43(42)36-24-29-40(30-25-36)53(39-27-22-34(23-28-39)37-26-31-46-45-15-3-5-19-48(45)55-51(46)33-37)41-13-7-12-38(32-41)44-18-9-21-50-52(44)47-16-4-6-20-49(47)54-50/h1-33H/i3D,5D,15D,19D,22D,23D,26D,27D,28D,31D,33D. The van der Waals surface area contributed by atoms with E-state index in [9.17, 15) is 6.85 Å². The molecular formula is C52H33NO2. The second kappa shape index (κ2) is 12.6. The number of furan rings is 2. The van der Waals surface area contributed by atoms with Gasteiger partial charge in [0.15, 0.2) is 0 Å². The van der Waals surface area contributed by atoms with Crippen LogP contribution in [0.15, 0.2) is 209 Å². The summed E-state index contributed by atoms with van der Waals surface area (Å²) < 4.78 is 111. The molecule has 0 N–H and O–H groups in total. The van der Waals surface area contributed by atoms with Gasteiger partial charge in [-0.2, -0.15) is 0 Å². The van der Waals surface area contributed by atoms with E-state index in [2.05, 4.69) is 18.2 Å². The fourth-order valence-electron chi connectivity index (χ4n) is 7.47. The maximum Gasteiger partial charge on any atom is 0.136 e. The molecule has 0 spiro atoms. The number of hydrogen-bond donors (Lipinski definition) is 0. The molecule has 11 rings (SSSR count). The van der Waals surface area contributed by atoms with Gasteiger partial charge in [-0.3, -0.25) is 0 Å². The molecule has 0 amide bonds. The van der Waals surface area contributed by atoms with Crippen molar-refractivity contribution in [1.29, 1.82) is 0 Å². The van der Waals surface area contributed by atoms with Gasteiger partial charge in [0.1, 0.15) is 22.3 Å². The molecule has 0 atom stereocenters. The highest BCUT2D eigenvalue weighted by atomic mass is 16.3. The molecule has 0 bridgehead atoms. The zero-order valence-electron chi connectivity index (χ0n) is 40.0. The van der Waals surface area contributed by atoms with Crippen molar-refractivity contribution >= 4 is 71.7 Å². The van der Waals surface area contributed by atoms with Gasteiger partial charge in [0.2, 0.25) is 0 Å². The van der Waals surface area contributed by atoms with Crippen molar-refractivity contribution in [2.75, 3.05) is 4.90 Å². The van der Waals surface area contributed by atoms with Crippen LogP contribution in [0.3, 0.4) is 0 Å². The van der Waals surface area contributed by atoms with Crippen molar-refractivity contribution in [1.82, 2.24) is 0 Å². The van der Waals surface area contributed by atoms with Gasteiger partial charge < -0.3 is 13.7 Å². The van der Waals surface area contributed by atoms with Crippen LogP contribution in [-0.4, -0.2) is 0 Å². The molecule has 2 aromatic heterocycles. The number of fused-ring (bicyclic) bond motifs is 7. The van der Waals surface area contributed by atoms with E-state index >= 15 is 0 Å². The highest BCUT2D eigenvalue weighted by Crippen LogP contribution is 2.42. The Balaban J connectivity index is 1.13. The van der Waals surface area contributed by atoms with Crippen LogP contribution in [0.5, 0.6) is 0 Å². The Morgan fingerprint density at radius 3 is 1.98 bits per heavy atom. The summed E-state index contributed by atoms with van der Waals surface area (Å²) in [7, 11) is 0. The Kier molecular flexibility index (Phi) is 5.06. The molecule has 2 heterocycles. The third kappa shape index (κ3) is 5.28. The van der Waals surface area contributed by atoms with Crippen LogP contribution in [0.25, 0.3) is 88.0 Å². The minimum atomic E-state index is -0.620. The van der Waals surface area contributed by atoms with Gasteiger partial charge in [0, 0.05) is 38.6 Å². The van der Waals surface area contributed by atoms with Crippen molar-refractivity contribution in [2.45, 2.75) is 0 Å². The number of hydrogen-bond acceptors (Lipinski definition) is 3. The maximum absolute atomic E-state index is 9.63. The molecule has 0 fully saturated rings. The number of para-hydroxylation sites is 2. The van der Waals surface area contributed by atoms with E-state index in [4.69, 9.17) is 17.1 Å². The average molecular weight is 715 g/mol. The third-order valence-corrected chi connectivity index (χ3v) is 10.0. The van der Waals surface area contributed by atoms with Gasteiger partial charge in [-0.1, -0.05) is 133 Å². The third-order valence-electron chi connectivity index (χ3n) is 10.0. The van der Waals surface area contributed by atoms with Crippen LogP contribution in [0.4, 0.5) is 17.1 Å². The second-order valence-corrected chi connectivity index (χ2v) is 13.2. The highest BCUT2D eigenvalue weighted by Gasteiger charge is 2.17. The highest BCUT2D eigenvalue weighted by molar-refractivity contribution is 6.12. The predicted molar refractivity (Wildman–Crippen MR) is 229 cm³/mol. The van der Waals surface area contributed by atoms with Gasteiger partial charge in [0.05, 0.1) is 15.1 Å². The molecule has 55 heavy (non-hydrogen) atoms. The normalized spacial score (nSPS) is 14.4. The maximum atomic E-state index is 9.63. The van der Waals surface area contributed by atoms with E-state index in [-0.39, 0.29) is 27.6 Å². The van der Waals surface area contributed by atoms with Crippen LogP contribution in [-0.2, 0) is 0 Å². The molecule has 0 aliphatic heterocycles. The summed E-state index contributed by atoms with van der Waals surface area (Å²) >= 11 is 0. The average Bonchev–Trinajstić information content (AvgIpc) is 3.94. The number of benzene rings is 9. The van der Waals surface area contributed by atoms with Crippen molar-refractivity contribution in [3.8, 4) is 33.4 Å². The van der Waals surface area contributed by atoms with E-state index < -0.39 is 77.6 Å². The zero-order chi connectivity index (χ0) is 45.9. The van der Waals surface area contributed by atoms with Crippen molar-refractivity contribution in [2.24, 2.45) is 0 Å². The van der Waals surface area contributed by atoms with Crippen molar-refractivity contribution < 1.29 is 23.9 Å². The Morgan fingerprint density at radius 2 is 1.07 bits per heavy atom. The van der Waals surface area contributed by atoms with E-state index in [1.807, 2.05) is 115 Å². The molecule has 9 aromatic carbocycles. The van der Waals surface area contributed by atoms with Gasteiger partial charge >= 0.3 is 0 Å². The fourth-order valence-corrected chi connectivity index (χ4v) is 7.47. The number of nitrogens with zero attached hydrogens (tertiary/aromatic N) is 1. The summed E-state index contributed by atoms with van der Waals surface area (Å²) in [4.78, 5) is 1.67. The van der Waals surface area contributed by atoms with Crippen molar-refractivity contribution in [3.63, 3.8) is 0 Å². The molecule has 0 aliphatic rings. The fraction of sp³-hybridized carbons (Fsp3) is 0. The van der Waals surface area contributed by atoms with Crippen LogP contribution in [0.1, 0.15) is 15.1 Å². The first-order valence-electron chi connectivity index (χ1n) is 23.3. The lowest BCUT2D eigenvalue weighted by Gasteiger charge is -2.26. The van der Waals surface area contributed by atoms with Gasteiger partial charge in [0.25, 0.3) is 0 Å². The Morgan fingerprint density at radius 1 is 0.382 bits per heavy atom. The topological polar surface area (TPSA) is 29.5 Å². The summed E-state index contributed by atoms with van der Waals surface area (Å²) in [6.07, 6.45) is 0. The van der Waals surface area contributed by atoms with E-state index in [0.717, 1.165) is 49.4 Å². The molecule has 258 valence electrons. The van der Waals surface area contributed by atoms with E-state index in [1.54, 1.807) is 4.90 Å². The predicted octanol–water partition coefficient (Wildman–Crippen LogP) is 15.1. The SMILES string of the molecule is [2H]c1c([2H])c(N(c2ccc(-c3cccc4ccccc34)cc2)c2cccc(-c3cccc4oc5ccccc5c34)c2)c([2H])c([2H])c1-c1c([2H])c([2H])c2c(oc3c([2H])c([2H])c([2H])c([2H])c32)c1[2H]. The van der Waals surface area contributed by atoms with Gasteiger partial charge in [-0.25, -0.2) is 0 Å². The minimum Gasteiger partial charge on any atom is -0.456 e. The van der Waals surface area contributed by atoms with Crippen LogP contribution in [0, 0.1) is 0 Å². The summed E-state index contributed by atoms with van der Waals surface area (Å²) in [5, 5.41) is 3.65. The summed E-state index contributed by atoms with van der Waals surface area (Å²) in [6, 6.07) is 37.0. The molecule has 0 saturated carbocycles. The first-order valence-corrected chi connectivity index (χ1v) is 17.8.